The van der Waals surface area contributed by atoms with E-state index in [1.807, 2.05) is 43.3 Å². The van der Waals surface area contributed by atoms with Crippen LogP contribution in [0.15, 0.2) is 40.9 Å². The molecule has 2 heterocycles. The maximum Gasteiger partial charge on any atom is 0.336 e. The molecule has 3 aromatic rings. The third-order valence-corrected chi connectivity index (χ3v) is 6.20. The van der Waals surface area contributed by atoms with Crippen molar-refractivity contribution in [1.29, 1.82) is 0 Å². The summed E-state index contributed by atoms with van der Waals surface area (Å²) in [4.78, 5) is 19.4. The summed E-state index contributed by atoms with van der Waals surface area (Å²) in [5, 5.41) is 10.7. The van der Waals surface area contributed by atoms with E-state index in [9.17, 15) is 9.90 Å². The van der Waals surface area contributed by atoms with Crippen LogP contribution in [0.2, 0.25) is 0 Å². The van der Waals surface area contributed by atoms with E-state index < -0.39 is 5.97 Å². The van der Waals surface area contributed by atoms with Crippen LogP contribution in [0.3, 0.4) is 0 Å². The number of nitrogens with zero attached hydrogens (tertiary/aromatic N) is 2. The Morgan fingerprint density at radius 1 is 1.25 bits per heavy atom. The molecule has 0 saturated carbocycles. The molecule has 1 aliphatic heterocycles. The van der Waals surface area contributed by atoms with E-state index >= 15 is 0 Å². The van der Waals surface area contributed by atoms with E-state index in [4.69, 9.17) is 14.5 Å². The van der Waals surface area contributed by atoms with Crippen LogP contribution in [-0.2, 0) is 6.54 Å². The lowest BCUT2D eigenvalue weighted by Crippen LogP contribution is -2.31. The Morgan fingerprint density at radius 2 is 2.03 bits per heavy atom. The van der Waals surface area contributed by atoms with Gasteiger partial charge in [0.1, 0.15) is 0 Å². The molecular weight excluding hydrogens is 472 g/mol. The molecule has 32 heavy (non-hydrogen) atoms. The van der Waals surface area contributed by atoms with Crippen molar-refractivity contribution in [3.8, 4) is 11.5 Å². The van der Waals surface area contributed by atoms with Crippen LogP contribution in [0.25, 0.3) is 22.6 Å². The lowest BCUT2D eigenvalue weighted by molar-refractivity contribution is 0.0696. The zero-order valence-electron chi connectivity index (χ0n) is 18.3. The van der Waals surface area contributed by atoms with Crippen molar-refractivity contribution >= 4 is 44.5 Å². The topological polar surface area (TPSA) is 71.9 Å². The molecule has 4 rings (SSSR count). The maximum atomic E-state index is 12.3. The lowest BCUT2D eigenvalue weighted by Gasteiger charge is -2.30. The molecule has 0 amide bonds. The second kappa shape index (κ2) is 9.30. The number of carboxylic acids is 1. The van der Waals surface area contributed by atoms with E-state index in [-0.39, 0.29) is 0 Å². The van der Waals surface area contributed by atoms with Gasteiger partial charge < -0.3 is 14.6 Å². The molecule has 0 saturated heterocycles. The third-order valence-electron chi connectivity index (χ3n) is 5.62. The number of aromatic nitrogens is 1. The van der Waals surface area contributed by atoms with Gasteiger partial charge in [0, 0.05) is 24.0 Å². The number of benzene rings is 2. The van der Waals surface area contributed by atoms with E-state index in [1.54, 1.807) is 7.11 Å². The summed E-state index contributed by atoms with van der Waals surface area (Å²) >= 11 is 3.59. The van der Waals surface area contributed by atoms with Gasteiger partial charge in [0.2, 0.25) is 0 Å². The Bertz CT molecular complexity index is 1220. The second-order valence-electron chi connectivity index (χ2n) is 7.58. The van der Waals surface area contributed by atoms with Crippen LogP contribution in [0, 0.1) is 0 Å². The predicted molar refractivity (Wildman–Crippen MR) is 129 cm³/mol. The van der Waals surface area contributed by atoms with E-state index in [0.29, 0.717) is 47.7 Å². The van der Waals surface area contributed by atoms with E-state index in [1.165, 1.54) is 0 Å². The zero-order valence-corrected chi connectivity index (χ0v) is 19.9. The van der Waals surface area contributed by atoms with Gasteiger partial charge in [-0.1, -0.05) is 25.1 Å². The van der Waals surface area contributed by atoms with Gasteiger partial charge in [-0.05, 0) is 64.8 Å². The summed E-state index contributed by atoms with van der Waals surface area (Å²) in [6.07, 6.45) is 2.05. The molecule has 0 bridgehead atoms. The van der Waals surface area contributed by atoms with Gasteiger partial charge in [-0.3, -0.25) is 4.90 Å². The molecule has 0 unspecified atom stereocenters. The van der Waals surface area contributed by atoms with Crippen molar-refractivity contribution in [2.75, 3.05) is 26.8 Å². The molecule has 0 atom stereocenters. The van der Waals surface area contributed by atoms with Gasteiger partial charge in [-0.25, -0.2) is 9.78 Å². The largest absolute Gasteiger partial charge is 0.493 e. The quantitative estimate of drug-likeness (QED) is 0.487. The summed E-state index contributed by atoms with van der Waals surface area (Å²) in [5.74, 6) is 0.366. The number of rotatable bonds is 6. The number of pyridine rings is 1. The Labute approximate surface area is 195 Å². The highest BCUT2D eigenvalue weighted by molar-refractivity contribution is 9.10. The van der Waals surface area contributed by atoms with Crippen molar-refractivity contribution in [3.05, 3.63) is 63.3 Å². The van der Waals surface area contributed by atoms with Crippen molar-refractivity contribution in [1.82, 2.24) is 9.88 Å². The van der Waals surface area contributed by atoms with E-state index in [0.717, 1.165) is 33.4 Å². The number of carbonyl (C=O) groups is 1. The SMILES string of the molecule is CCOc1c(Br)cc(/C=C2\CN(CC)Cc3c2nc2ccccc2c3C(=O)O)cc1OC. The first-order valence-corrected chi connectivity index (χ1v) is 11.3. The molecular formula is C25H25BrN2O4. The molecule has 2 aromatic carbocycles. The fourth-order valence-corrected chi connectivity index (χ4v) is 4.73. The highest BCUT2D eigenvalue weighted by Crippen LogP contribution is 2.39. The number of likely N-dealkylation sites (N-methyl/N-ethyl adjacent to an activating group) is 1. The number of fused-ring (bicyclic) bond motifs is 2. The first kappa shape index (κ1) is 22.3. The van der Waals surface area contributed by atoms with Crippen LogP contribution in [0.5, 0.6) is 11.5 Å². The highest BCUT2D eigenvalue weighted by atomic mass is 79.9. The van der Waals surface area contributed by atoms with E-state index in [2.05, 4.69) is 33.8 Å². The molecule has 1 aliphatic rings. The number of halogens is 1. The number of carboxylic acid groups (broad SMARTS) is 1. The summed E-state index contributed by atoms with van der Waals surface area (Å²) in [6, 6.07) is 11.3. The molecule has 1 aromatic heterocycles. The minimum atomic E-state index is -0.928. The minimum Gasteiger partial charge on any atom is -0.493 e. The molecule has 6 nitrogen and oxygen atoms in total. The molecule has 7 heteroatoms. The standard InChI is InChI=1S/C25H25BrN2O4/c1-4-28-13-16(10-15-11-19(26)24(32-5-2)21(12-15)31-3)23-18(14-28)22(25(29)30)17-8-6-7-9-20(17)27-23/h6-12H,4-5,13-14H2,1-3H3,(H,29,30)/b16-10+. The number of hydrogen-bond donors (Lipinski definition) is 1. The number of aromatic carboxylic acids is 1. The Kier molecular flexibility index (Phi) is 6.48. The summed E-state index contributed by atoms with van der Waals surface area (Å²) in [7, 11) is 1.61. The van der Waals surface area contributed by atoms with Crippen LogP contribution in [-0.4, -0.2) is 47.8 Å². The first-order chi connectivity index (χ1) is 15.5. The monoisotopic (exact) mass is 496 g/mol. The van der Waals surface area contributed by atoms with Gasteiger partial charge >= 0.3 is 5.97 Å². The van der Waals surface area contributed by atoms with Gasteiger partial charge in [-0.15, -0.1) is 0 Å². The van der Waals surface area contributed by atoms with Crippen LogP contribution >= 0.6 is 15.9 Å². The van der Waals surface area contributed by atoms with Crippen LogP contribution < -0.4 is 9.47 Å². The normalized spacial score (nSPS) is 15.1. The summed E-state index contributed by atoms with van der Waals surface area (Å²) in [5.41, 5.74) is 4.41. The van der Waals surface area contributed by atoms with Crippen molar-refractivity contribution < 1.29 is 19.4 Å². The van der Waals surface area contributed by atoms with Crippen molar-refractivity contribution in [2.45, 2.75) is 20.4 Å². The van der Waals surface area contributed by atoms with Gasteiger partial charge in [-0.2, -0.15) is 0 Å². The smallest absolute Gasteiger partial charge is 0.336 e. The molecule has 0 spiro atoms. The lowest BCUT2D eigenvalue weighted by atomic mass is 9.92. The van der Waals surface area contributed by atoms with Crippen LogP contribution in [0.4, 0.5) is 0 Å². The zero-order chi connectivity index (χ0) is 22.8. The Morgan fingerprint density at radius 3 is 2.72 bits per heavy atom. The maximum absolute atomic E-state index is 12.3. The van der Waals surface area contributed by atoms with Crippen molar-refractivity contribution in [3.63, 3.8) is 0 Å². The Hall–Kier alpha value is -2.90. The number of para-hydroxylation sites is 1. The molecule has 0 radical (unpaired) electrons. The fourth-order valence-electron chi connectivity index (χ4n) is 4.16. The first-order valence-electron chi connectivity index (χ1n) is 10.5. The summed E-state index contributed by atoms with van der Waals surface area (Å²) < 4.78 is 12.0. The fraction of sp³-hybridized carbons (Fsp3) is 0.280. The Balaban J connectivity index is 1.93. The minimum absolute atomic E-state index is 0.333. The van der Waals surface area contributed by atoms with Gasteiger partial charge in [0.25, 0.3) is 0 Å². The average Bonchev–Trinajstić information content (AvgIpc) is 2.78. The van der Waals surface area contributed by atoms with Gasteiger partial charge in [0.05, 0.1) is 35.0 Å². The number of ether oxygens (including phenoxy) is 2. The predicted octanol–water partition coefficient (Wildman–Crippen LogP) is 5.48. The van der Waals surface area contributed by atoms with Crippen LogP contribution in [0.1, 0.15) is 41.0 Å². The summed E-state index contributed by atoms with van der Waals surface area (Å²) in [6.45, 7) is 6.58. The number of methoxy groups -OCH3 is 1. The molecule has 0 fully saturated rings. The third kappa shape index (κ3) is 4.10. The average molecular weight is 497 g/mol. The molecule has 166 valence electrons. The van der Waals surface area contributed by atoms with Gasteiger partial charge in [0.15, 0.2) is 11.5 Å². The molecule has 1 N–H and O–H groups in total. The van der Waals surface area contributed by atoms with Crippen molar-refractivity contribution in [2.24, 2.45) is 0 Å². The number of hydrogen-bond acceptors (Lipinski definition) is 5. The second-order valence-corrected chi connectivity index (χ2v) is 8.43. The molecule has 0 aliphatic carbocycles. The highest BCUT2D eigenvalue weighted by Gasteiger charge is 2.28.